The van der Waals surface area contributed by atoms with Crippen molar-refractivity contribution >= 4 is 5.84 Å². The molecule has 0 bridgehead atoms. The van der Waals surface area contributed by atoms with E-state index in [9.17, 15) is 0 Å². The molecule has 21 heavy (non-hydrogen) atoms. The summed E-state index contributed by atoms with van der Waals surface area (Å²) in [5.41, 5.74) is 7.45. The molecule has 1 heterocycles. The van der Waals surface area contributed by atoms with Gasteiger partial charge < -0.3 is 15.2 Å². The summed E-state index contributed by atoms with van der Waals surface area (Å²) < 4.78 is 11.3. The van der Waals surface area contributed by atoms with Gasteiger partial charge in [0.2, 0.25) is 0 Å². The lowest BCUT2D eigenvalue weighted by Crippen LogP contribution is -2.47. The van der Waals surface area contributed by atoms with Crippen molar-refractivity contribution in [1.29, 1.82) is 5.41 Å². The number of rotatable bonds is 4. The lowest BCUT2D eigenvalue weighted by molar-refractivity contribution is -0.0589. The van der Waals surface area contributed by atoms with E-state index in [4.69, 9.17) is 20.6 Å². The zero-order valence-electron chi connectivity index (χ0n) is 12.5. The number of methoxy groups -OCH3 is 1. The Kier molecular flexibility index (Phi) is 4.12. The standard InChI is InChI=1S/C16H23N3O2/c1-20-14-6-5-11(16(17)18)9-12(14)10-19-7-8-21-15-4-2-3-13(15)19/h5-6,9,13,15H,2-4,7-8,10H2,1H3,(H3,17,18). The number of amidine groups is 1. The summed E-state index contributed by atoms with van der Waals surface area (Å²) >= 11 is 0. The first kappa shape index (κ1) is 14.4. The molecule has 3 N–H and O–H groups in total. The SMILES string of the molecule is COc1ccc(C(=N)N)cc1CN1CCOC2CCCC21. The Morgan fingerprint density at radius 1 is 1.48 bits per heavy atom. The minimum Gasteiger partial charge on any atom is -0.496 e. The molecule has 2 aliphatic rings. The highest BCUT2D eigenvalue weighted by Crippen LogP contribution is 2.32. The summed E-state index contributed by atoms with van der Waals surface area (Å²) in [5, 5.41) is 7.60. The molecule has 5 nitrogen and oxygen atoms in total. The lowest BCUT2D eigenvalue weighted by Gasteiger charge is -2.37. The summed E-state index contributed by atoms with van der Waals surface area (Å²) in [7, 11) is 1.68. The number of ether oxygens (including phenoxy) is 2. The van der Waals surface area contributed by atoms with Crippen molar-refractivity contribution < 1.29 is 9.47 Å². The van der Waals surface area contributed by atoms with Gasteiger partial charge in [0.25, 0.3) is 0 Å². The molecule has 5 heteroatoms. The van der Waals surface area contributed by atoms with Crippen molar-refractivity contribution in [3.05, 3.63) is 29.3 Å². The van der Waals surface area contributed by atoms with Crippen LogP contribution in [0.5, 0.6) is 5.75 Å². The Balaban J connectivity index is 1.82. The van der Waals surface area contributed by atoms with Crippen molar-refractivity contribution in [2.24, 2.45) is 5.73 Å². The van der Waals surface area contributed by atoms with E-state index in [-0.39, 0.29) is 5.84 Å². The molecule has 0 radical (unpaired) electrons. The smallest absolute Gasteiger partial charge is 0.123 e. The Labute approximate surface area is 125 Å². The Hall–Kier alpha value is -1.59. The molecule has 1 aliphatic carbocycles. The van der Waals surface area contributed by atoms with E-state index < -0.39 is 0 Å². The molecular weight excluding hydrogens is 266 g/mol. The van der Waals surface area contributed by atoms with Crippen LogP contribution >= 0.6 is 0 Å². The minimum absolute atomic E-state index is 0.0969. The third kappa shape index (κ3) is 2.89. The topological polar surface area (TPSA) is 71.6 Å². The van der Waals surface area contributed by atoms with Gasteiger partial charge >= 0.3 is 0 Å². The van der Waals surface area contributed by atoms with E-state index in [0.29, 0.717) is 12.1 Å². The number of hydrogen-bond donors (Lipinski definition) is 2. The predicted octanol–water partition coefficient (Wildman–Crippen LogP) is 1.73. The second kappa shape index (κ2) is 6.03. The summed E-state index contributed by atoms with van der Waals surface area (Å²) in [6, 6.07) is 6.23. The van der Waals surface area contributed by atoms with Crippen LogP contribution in [0.2, 0.25) is 0 Å². The molecule has 1 aromatic carbocycles. The van der Waals surface area contributed by atoms with Gasteiger partial charge in [-0.2, -0.15) is 0 Å². The molecule has 1 aromatic rings. The molecule has 114 valence electrons. The van der Waals surface area contributed by atoms with Crippen molar-refractivity contribution in [2.75, 3.05) is 20.3 Å². The first-order chi connectivity index (χ1) is 10.2. The van der Waals surface area contributed by atoms with Crippen molar-refractivity contribution in [2.45, 2.75) is 38.0 Å². The molecule has 1 saturated heterocycles. The number of nitrogens with zero attached hydrogens (tertiary/aromatic N) is 1. The molecular formula is C16H23N3O2. The molecule has 0 spiro atoms. The van der Waals surface area contributed by atoms with Crippen LogP contribution in [0.4, 0.5) is 0 Å². The van der Waals surface area contributed by atoms with Crippen molar-refractivity contribution in [3.63, 3.8) is 0 Å². The lowest BCUT2D eigenvalue weighted by atomic mass is 10.1. The molecule has 1 aliphatic heterocycles. The number of hydrogen-bond acceptors (Lipinski definition) is 4. The zero-order valence-corrected chi connectivity index (χ0v) is 12.5. The summed E-state index contributed by atoms with van der Waals surface area (Å²) in [4.78, 5) is 2.49. The largest absolute Gasteiger partial charge is 0.496 e. The summed E-state index contributed by atoms with van der Waals surface area (Å²) in [5.74, 6) is 0.959. The van der Waals surface area contributed by atoms with Crippen LogP contribution in [0.25, 0.3) is 0 Å². The van der Waals surface area contributed by atoms with Gasteiger partial charge in [0.1, 0.15) is 11.6 Å². The number of nitrogens with one attached hydrogen (secondary N) is 1. The fourth-order valence-electron chi connectivity index (χ4n) is 3.49. The van der Waals surface area contributed by atoms with Crippen LogP contribution in [0.15, 0.2) is 18.2 Å². The highest BCUT2D eigenvalue weighted by Gasteiger charge is 2.36. The van der Waals surface area contributed by atoms with Crippen molar-refractivity contribution in [1.82, 2.24) is 4.90 Å². The highest BCUT2D eigenvalue weighted by atomic mass is 16.5. The number of nitrogens with two attached hydrogens (primary N) is 1. The monoisotopic (exact) mass is 289 g/mol. The fourth-order valence-corrected chi connectivity index (χ4v) is 3.49. The highest BCUT2D eigenvalue weighted by molar-refractivity contribution is 5.95. The Bertz CT molecular complexity index is 532. The molecule has 2 atom stereocenters. The first-order valence-electron chi connectivity index (χ1n) is 7.56. The minimum atomic E-state index is 0.0969. The van der Waals surface area contributed by atoms with E-state index in [2.05, 4.69) is 4.90 Å². The van der Waals surface area contributed by atoms with E-state index in [1.54, 1.807) is 7.11 Å². The van der Waals surface area contributed by atoms with E-state index in [1.807, 2.05) is 18.2 Å². The van der Waals surface area contributed by atoms with Crippen molar-refractivity contribution in [3.8, 4) is 5.75 Å². The molecule has 0 amide bonds. The van der Waals surface area contributed by atoms with Gasteiger partial charge in [0, 0.05) is 30.3 Å². The van der Waals surface area contributed by atoms with E-state index in [0.717, 1.165) is 36.6 Å². The van der Waals surface area contributed by atoms with E-state index >= 15 is 0 Å². The molecule has 3 rings (SSSR count). The van der Waals surface area contributed by atoms with Gasteiger partial charge in [-0.25, -0.2) is 0 Å². The van der Waals surface area contributed by atoms with Crippen LogP contribution in [-0.2, 0) is 11.3 Å². The number of fused-ring (bicyclic) bond motifs is 1. The average molecular weight is 289 g/mol. The molecule has 0 aromatic heterocycles. The van der Waals surface area contributed by atoms with Gasteiger partial charge in [-0.05, 0) is 37.5 Å². The number of benzene rings is 1. The number of morpholine rings is 1. The fraction of sp³-hybridized carbons (Fsp3) is 0.562. The molecule has 2 fully saturated rings. The number of nitrogen functional groups attached to an aromatic ring is 1. The van der Waals surface area contributed by atoms with Crippen LogP contribution in [0.3, 0.4) is 0 Å². The van der Waals surface area contributed by atoms with Crippen LogP contribution in [0.1, 0.15) is 30.4 Å². The van der Waals surface area contributed by atoms with E-state index in [1.165, 1.54) is 19.3 Å². The quantitative estimate of drug-likeness (QED) is 0.654. The van der Waals surface area contributed by atoms with Gasteiger partial charge in [0.15, 0.2) is 0 Å². The molecule has 2 unspecified atom stereocenters. The third-order valence-corrected chi connectivity index (χ3v) is 4.56. The third-order valence-electron chi connectivity index (χ3n) is 4.56. The van der Waals surface area contributed by atoms with Gasteiger partial charge in [-0.15, -0.1) is 0 Å². The van der Waals surface area contributed by atoms with Gasteiger partial charge in [-0.1, -0.05) is 0 Å². The maximum Gasteiger partial charge on any atom is 0.123 e. The van der Waals surface area contributed by atoms with Crippen LogP contribution in [-0.4, -0.2) is 43.1 Å². The Morgan fingerprint density at radius 2 is 2.33 bits per heavy atom. The second-order valence-corrected chi connectivity index (χ2v) is 5.82. The Morgan fingerprint density at radius 3 is 3.10 bits per heavy atom. The zero-order chi connectivity index (χ0) is 14.8. The molecule has 1 saturated carbocycles. The maximum atomic E-state index is 7.60. The first-order valence-corrected chi connectivity index (χ1v) is 7.56. The average Bonchev–Trinajstić information content (AvgIpc) is 2.96. The summed E-state index contributed by atoms with van der Waals surface area (Å²) in [6.07, 6.45) is 4.02. The van der Waals surface area contributed by atoms with Crippen LogP contribution in [0, 0.1) is 5.41 Å². The van der Waals surface area contributed by atoms with Gasteiger partial charge in [-0.3, -0.25) is 10.3 Å². The van der Waals surface area contributed by atoms with Gasteiger partial charge in [0.05, 0.1) is 19.8 Å². The predicted molar refractivity (Wildman–Crippen MR) is 81.8 cm³/mol. The second-order valence-electron chi connectivity index (χ2n) is 5.82. The van der Waals surface area contributed by atoms with Crippen LogP contribution < -0.4 is 10.5 Å². The normalized spacial score (nSPS) is 25.6. The summed E-state index contributed by atoms with van der Waals surface area (Å²) in [6.45, 7) is 2.58. The maximum absolute atomic E-state index is 7.60.